The van der Waals surface area contributed by atoms with Gasteiger partial charge in [0.05, 0.1) is 23.6 Å². The Morgan fingerprint density at radius 1 is 1.19 bits per heavy atom. The molecule has 0 N–H and O–H groups in total. The third kappa shape index (κ3) is 6.45. The van der Waals surface area contributed by atoms with E-state index in [4.69, 9.17) is 25.8 Å². The van der Waals surface area contributed by atoms with Gasteiger partial charge < -0.3 is 14.2 Å². The first-order chi connectivity index (χ1) is 12.7. The number of benzene rings is 2. The molecule has 2 rings (SSSR count). The third-order valence-electron chi connectivity index (χ3n) is 3.47. The Morgan fingerprint density at radius 3 is 2.56 bits per heavy atom. The van der Waals surface area contributed by atoms with Crippen molar-refractivity contribution in [1.29, 1.82) is 0 Å². The van der Waals surface area contributed by atoms with Crippen molar-refractivity contribution >= 4 is 17.6 Å². The largest absolute Gasteiger partial charge is 0.460 e. The highest BCUT2D eigenvalue weighted by molar-refractivity contribution is 6.32. The summed E-state index contributed by atoms with van der Waals surface area (Å²) in [5.41, 5.74) is -0.230. The molecule has 0 aromatic heterocycles. The van der Waals surface area contributed by atoms with Crippen LogP contribution in [0.1, 0.15) is 18.1 Å². The van der Waals surface area contributed by atoms with Crippen LogP contribution in [0.25, 0.3) is 0 Å². The molecule has 8 heteroatoms. The predicted molar refractivity (Wildman–Crippen MR) is 94.1 cm³/mol. The number of halogens is 4. The summed E-state index contributed by atoms with van der Waals surface area (Å²) in [6, 6.07) is 9.41. The minimum absolute atomic E-state index is 0.0198. The average Bonchev–Trinajstić information content (AvgIpc) is 2.56. The van der Waals surface area contributed by atoms with Crippen molar-refractivity contribution in [2.45, 2.75) is 25.6 Å². The zero-order valence-electron chi connectivity index (χ0n) is 14.7. The number of carbonyl (C=O) groups is 1. The molecule has 0 aliphatic heterocycles. The lowest BCUT2D eigenvalue weighted by Crippen LogP contribution is -2.20. The summed E-state index contributed by atoms with van der Waals surface area (Å²) in [6.45, 7) is 2.01. The lowest BCUT2D eigenvalue weighted by atomic mass is 10.1. The van der Waals surface area contributed by atoms with Gasteiger partial charge in [-0.15, -0.1) is 0 Å². The Kier molecular flexibility index (Phi) is 7.10. The highest BCUT2D eigenvalue weighted by Crippen LogP contribution is 2.36. The number of ether oxygens (including phenoxy) is 3. The molecule has 0 saturated heterocycles. The van der Waals surface area contributed by atoms with E-state index < -0.39 is 17.7 Å². The number of alkyl halides is 3. The Balaban J connectivity index is 2.06. The van der Waals surface area contributed by atoms with E-state index in [2.05, 4.69) is 0 Å². The van der Waals surface area contributed by atoms with Crippen LogP contribution in [0, 0.1) is 0 Å². The zero-order chi connectivity index (χ0) is 20.0. The van der Waals surface area contributed by atoms with Crippen molar-refractivity contribution in [3.63, 3.8) is 0 Å². The summed E-state index contributed by atoms with van der Waals surface area (Å²) in [6.07, 6.45) is -4.83. The van der Waals surface area contributed by atoms with Gasteiger partial charge in [0.1, 0.15) is 17.6 Å². The quantitative estimate of drug-likeness (QED) is 0.592. The van der Waals surface area contributed by atoms with Gasteiger partial charge in [-0.2, -0.15) is 13.2 Å². The second kappa shape index (κ2) is 9.10. The van der Waals surface area contributed by atoms with Crippen molar-refractivity contribution in [1.82, 2.24) is 0 Å². The average molecular weight is 403 g/mol. The van der Waals surface area contributed by atoms with Crippen molar-refractivity contribution in [2.75, 3.05) is 13.7 Å². The summed E-state index contributed by atoms with van der Waals surface area (Å²) < 4.78 is 53.7. The van der Waals surface area contributed by atoms with Gasteiger partial charge >= 0.3 is 12.1 Å². The molecule has 0 aliphatic carbocycles. The smallest absolute Gasteiger partial charge is 0.416 e. The number of hydrogen-bond donors (Lipinski definition) is 0. The van der Waals surface area contributed by atoms with Gasteiger partial charge in [-0.3, -0.25) is 4.79 Å². The predicted octanol–water partition coefficient (Wildman–Crippen LogP) is 5.27. The number of carbonyl (C=O) groups excluding carboxylic acids is 1. The van der Waals surface area contributed by atoms with E-state index in [0.29, 0.717) is 17.9 Å². The van der Waals surface area contributed by atoms with Gasteiger partial charge in [0.15, 0.2) is 0 Å². The van der Waals surface area contributed by atoms with E-state index >= 15 is 0 Å². The maximum atomic E-state index is 12.7. The molecule has 0 saturated carbocycles. The summed E-state index contributed by atoms with van der Waals surface area (Å²) in [7, 11) is 1.51. The van der Waals surface area contributed by atoms with Crippen LogP contribution in [-0.2, 0) is 26.9 Å². The number of esters is 1. The highest BCUT2D eigenvalue weighted by Gasteiger charge is 2.31. The first-order valence-electron chi connectivity index (χ1n) is 8.01. The summed E-state index contributed by atoms with van der Waals surface area (Å²) in [5.74, 6) is -0.00530. The monoisotopic (exact) mass is 402 g/mol. The number of methoxy groups -OCH3 is 1. The molecule has 0 amide bonds. The van der Waals surface area contributed by atoms with Crippen LogP contribution >= 0.6 is 11.6 Å². The maximum Gasteiger partial charge on any atom is 0.416 e. The van der Waals surface area contributed by atoms with Crippen molar-refractivity contribution in [2.24, 2.45) is 0 Å². The first kappa shape index (κ1) is 21.1. The Labute approximate surface area is 159 Å². The minimum atomic E-state index is -4.48. The minimum Gasteiger partial charge on any atom is -0.460 e. The van der Waals surface area contributed by atoms with Crippen molar-refractivity contribution in [3.05, 3.63) is 58.6 Å². The van der Waals surface area contributed by atoms with Gasteiger partial charge in [0, 0.05) is 7.11 Å². The van der Waals surface area contributed by atoms with Gasteiger partial charge in [-0.05, 0) is 42.8 Å². The molecule has 146 valence electrons. The lowest BCUT2D eigenvalue weighted by molar-refractivity contribution is -0.149. The summed E-state index contributed by atoms with van der Waals surface area (Å²) >= 11 is 5.89. The molecular formula is C19H18ClF3O4. The Bertz CT molecular complexity index is 793. The van der Waals surface area contributed by atoms with Crippen LogP contribution in [-0.4, -0.2) is 25.8 Å². The zero-order valence-corrected chi connectivity index (χ0v) is 15.4. The van der Waals surface area contributed by atoms with Gasteiger partial charge in [0.25, 0.3) is 0 Å². The van der Waals surface area contributed by atoms with E-state index in [0.717, 1.165) is 18.2 Å². The second-order valence-corrected chi connectivity index (χ2v) is 6.23. The molecule has 1 atom stereocenters. The third-order valence-corrected chi connectivity index (χ3v) is 3.76. The van der Waals surface area contributed by atoms with E-state index in [1.807, 2.05) is 0 Å². The molecule has 0 heterocycles. The summed E-state index contributed by atoms with van der Waals surface area (Å²) in [5, 5.41) is -0.164. The van der Waals surface area contributed by atoms with E-state index in [-0.39, 0.29) is 23.3 Å². The van der Waals surface area contributed by atoms with E-state index in [1.165, 1.54) is 7.11 Å². The standard InChI is InChI=1S/C19H18ClF3O4/c1-12(11-25-2)26-18(24)9-13-4-3-5-15(8-13)27-17-7-6-14(10-16(17)20)19(21,22)23/h3-8,10,12H,9,11H2,1-2H3. The van der Waals surface area contributed by atoms with Crippen LogP contribution in [0.4, 0.5) is 13.2 Å². The molecule has 27 heavy (non-hydrogen) atoms. The molecule has 0 aliphatic rings. The molecule has 0 spiro atoms. The lowest BCUT2D eigenvalue weighted by Gasteiger charge is -2.13. The fourth-order valence-corrected chi connectivity index (χ4v) is 2.53. The number of rotatable bonds is 7. The molecular weight excluding hydrogens is 385 g/mol. The second-order valence-electron chi connectivity index (χ2n) is 5.83. The van der Waals surface area contributed by atoms with Crippen LogP contribution in [0.3, 0.4) is 0 Å². The first-order valence-corrected chi connectivity index (χ1v) is 8.39. The van der Waals surface area contributed by atoms with E-state index in [9.17, 15) is 18.0 Å². The normalized spacial score (nSPS) is 12.5. The van der Waals surface area contributed by atoms with Crippen LogP contribution in [0.15, 0.2) is 42.5 Å². The topological polar surface area (TPSA) is 44.8 Å². The highest BCUT2D eigenvalue weighted by atomic mass is 35.5. The van der Waals surface area contributed by atoms with Crippen LogP contribution < -0.4 is 4.74 Å². The van der Waals surface area contributed by atoms with Gasteiger partial charge in [-0.1, -0.05) is 23.7 Å². The molecule has 1 unspecified atom stereocenters. The van der Waals surface area contributed by atoms with Crippen molar-refractivity contribution < 1.29 is 32.2 Å². The van der Waals surface area contributed by atoms with Gasteiger partial charge in [0.2, 0.25) is 0 Å². The molecule has 0 radical (unpaired) electrons. The Morgan fingerprint density at radius 2 is 1.93 bits per heavy atom. The molecule has 4 nitrogen and oxygen atoms in total. The fourth-order valence-electron chi connectivity index (χ4n) is 2.31. The van der Waals surface area contributed by atoms with Crippen LogP contribution in [0.5, 0.6) is 11.5 Å². The summed E-state index contributed by atoms with van der Waals surface area (Å²) in [4.78, 5) is 11.9. The maximum absolute atomic E-state index is 12.7. The molecule has 0 bridgehead atoms. The number of hydrogen-bond acceptors (Lipinski definition) is 4. The fraction of sp³-hybridized carbons (Fsp3) is 0.316. The Hall–Kier alpha value is -2.25. The molecule has 0 fully saturated rings. The molecule has 2 aromatic rings. The van der Waals surface area contributed by atoms with E-state index in [1.54, 1.807) is 31.2 Å². The molecule has 2 aromatic carbocycles. The van der Waals surface area contributed by atoms with Crippen molar-refractivity contribution in [3.8, 4) is 11.5 Å². The SMILES string of the molecule is COCC(C)OC(=O)Cc1cccc(Oc2ccc(C(F)(F)F)cc2Cl)c1. The van der Waals surface area contributed by atoms with Crippen LogP contribution in [0.2, 0.25) is 5.02 Å². The van der Waals surface area contributed by atoms with Gasteiger partial charge in [-0.25, -0.2) is 0 Å².